The van der Waals surface area contributed by atoms with Gasteiger partial charge in [0.1, 0.15) is 0 Å². The summed E-state index contributed by atoms with van der Waals surface area (Å²) < 4.78 is 4.39. The van der Waals surface area contributed by atoms with Crippen LogP contribution in [-0.4, -0.2) is 44.2 Å². The van der Waals surface area contributed by atoms with Gasteiger partial charge in [0.15, 0.2) is 11.2 Å². The smallest absolute Gasteiger partial charge is 0.332 e. The van der Waals surface area contributed by atoms with Crippen LogP contribution in [0.15, 0.2) is 21.2 Å². The monoisotopic (exact) mass is 374 g/mol. The van der Waals surface area contributed by atoms with Gasteiger partial charge in [-0.25, -0.2) is 4.79 Å². The fourth-order valence-electron chi connectivity index (χ4n) is 3.51. The van der Waals surface area contributed by atoms with Crippen LogP contribution in [0.3, 0.4) is 0 Å². The SMILES string of the molecule is CC(C)=CCn1c(N2CCCC(NC=O)C2)nc2c1c(=O)n(C)c(=O)n2C. The average Bonchev–Trinajstić information content (AvgIpc) is 3.03. The minimum absolute atomic E-state index is 0.0413. The molecule has 1 fully saturated rings. The van der Waals surface area contributed by atoms with E-state index in [1.54, 1.807) is 7.05 Å². The topological polar surface area (TPSA) is 94.2 Å². The van der Waals surface area contributed by atoms with Crippen molar-refractivity contribution in [2.75, 3.05) is 18.0 Å². The maximum Gasteiger partial charge on any atom is 0.332 e. The van der Waals surface area contributed by atoms with Gasteiger partial charge in [-0.2, -0.15) is 4.98 Å². The number of nitrogens with one attached hydrogen (secondary N) is 1. The van der Waals surface area contributed by atoms with Gasteiger partial charge >= 0.3 is 5.69 Å². The molecule has 1 N–H and O–H groups in total. The Bertz CT molecular complexity index is 1010. The number of hydrogen-bond donors (Lipinski definition) is 1. The van der Waals surface area contributed by atoms with E-state index < -0.39 is 5.69 Å². The Labute approximate surface area is 156 Å². The first-order valence-electron chi connectivity index (χ1n) is 9.09. The first-order valence-corrected chi connectivity index (χ1v) is 9.09. The van der Waals surface area contributed by atoms with Gasteiger partial charge < -0.3 is 14.8 Å². The Morgan fingerprint density at radius 1 is 1.26 bits per heavy atom. The van der Waals surface area contributed by atoms with Crippen molar-refractivity contribution in [3.8, 4) is 0 Å². The summed E-state index contributed by atoms with van der Waals surface area (Å²) >= 11 is 0. The molecular weight excluding hydrogens is 348 g/mol. The van der Waals surface area contributed by atoms with Crippen molar-refractivity contribution < 1.29 is 4.79 Å². The number of carbonyl (C=O) groups excluding carboxylic acids is 1. The number of aryl methyl sites for hydroxylation is 1. The molecule has 2 aromatic rings. The Morgan fingerprint density at radius 3 is 2.67 bits per heavy atom. The van der Waals surface area contributed by atoms with Gasteiger partial charge in [0.25, 0.3) is 5.56 Å². The molecule has 27 heavy (non-hydrogen) atoms. The van der Waals surface area contributed by atoms with Gasteiger partial charge in [0.2, 0.25) is 12.4 Å². The van der Waals surface area contributed by atoms with E-state index in [0.717, 1.165) is 35.9 Å². The van der Waals surface area contributed by atoms with Crippen molar-refractivity contribution in [2.45, 2.75) is 39.3 Å². The van der Waals surface area contributed by atoms with E-state index in [9.17, 15) is 14.4 Å². The van der Waals surface area contributed by atoms with E-state index in [1.165, 1.54) is 11.6 Å². The van der Waals surface area contributed by atoms with Gasteiger partial charge in [-0.3, -0.25) is 18.7 Å². The average molecular weight is 374 g/mol. The van der Waals surface area contributed by atoms with Crippen LogP contribution in [0.25, 0.3) is 11.2 Å². The van der Waals surface area contributed by atoms with E-state index in [4.69, 9.17) is 0 Å². The summed E-state index contributed by atoms with van der Waals surface area (Å²) in [7, 11) is 3.10. The molecule has 1 amide bonds. The van der Waals surface area contributed by atoms with Crippen LogP contribution in [0.4, 0.5) is 5.95 Å². The van der Waals surface area contributed by atoms with Gasteiger partial charge in [-0.1, -0.05) is 11.6 Å². The van der Waals surface area contributed by atoms with Crippen LogP contribution in [0, 0.1) is 0 Å². The van der Waals surface area contributed by atoms with Crippen LogP contribution in [0.1, 0.15) is 26.7 Å². The Balaban J connectivity index is 2.20. The lowest BCUT2D eigenvalue weighted by Crippen LogP contribution is -2.46. The molecule has 1 unspecified atom stereocenters. The van der Waals surface area contributed by atoms with Crippen molar-refractivity contribution in [3.63, 3.8) is 0 Å². The molecule has 3 heterocycles. The lowest BCUT2D eigenvalue weighted by Gasteiger charge is -2.33. The molecule has 9 nitrogen and oxygen atoms in total. The predicted molar refractivity (Wildman–Crippen MR) is 104 cm³/mol. The zero-order valence-electron chi connectivity index (χ0n) is 16.2. The third-order valence-corrected chi connectivity index (χ3v) is 5.02. The van der Waals surface area contributed by atoms with E-state index >= 15 is 0 Å². The second-order valence-electron chi connectivity index (χ2n) is 7.25. The standard InChI is InChI=1S/C18H26N6O3/c1-12(2)7-9-24-14-15(21(3)18(27)22(4)16(14)26)20-17(24)23-8-5-6-13(10-23)19-11-25/h7,11,13H,5-6,8-10H2,1-4H3,(H,19,25). The van der Waals surface area contributed by atoms with Crippen molar-refractivity contribution in [1.82, 2.24) is 24.0 Å². The van der Waals surface area contributed by atoms with Gasteiger partial charge in [-0.05, 0) is 26.7 Å². The van der Waals surface area contributed by atoms with Gasteiger partial charge in [-0.15, -0.1) is 0 Å². The number of fused-ring (bicyclic) bond motifs is 1. The summed E-state index contributed by atoms with van der Waals surface area (Å²) in [6, 6.07) is 0.0413. The van der Waals surface area contributed by atoms with E-state index in [0.29, 0.717) is 30.2 Å². The predicted octanol–water partition coefficient (Wildman–Crippen LogP) is 0.115. The fourth-order valence-corrected chi connectivity index (χ4v) is 3.51. The highest BCUT2D eigenvalue weighted by molar-refractivity contribution is 5.74. The van der Waals surface area contributed by atoms with Crippen LogP contribution in [0.5, 0.6) is 0 Å². The van der Waals surface area contributed by atoms with E-state index in [2.05, 4.69) is 15.2 Å². The maximum atomic E-state index is 12.8. The molecule has 146 valence electrons. The molecule has 1 saturated heterocycles. The number of nitrogens with zero attached hydrogens (tertiary/aromatic N) is 5. The van der Waals surface area contributed by atoms with Crippen molar-refractivity contribution in [1.29, 1.82) is 0 Å². The maximum absolute atomic E-state index is 12.8. The van der Waals surface area contributed by atoms with Gasteiger partial charge in [0.05, 0.1) is 0 Å². The summed E-state index contributed by atoms with van der Waals surface area (Å²) in [6.45, 7) is 5.88. The highest BCUT2D eigenvalue weighted by Crippen LogP contribution is 2.23. The molecule has 1 aliphatic heterocycles. The van der Waals surface area contributed by atoms with Crippen molar-refractivity contribution >= 4 is 23.5 Å². The lowest BCUT2D eigenvalue weighted by molar-refractivity contribution is -0.110. The Hall–Kier alpha value is -2.84. The minimum atomic E-state index is -0.398. The second kappa shape index (κ2) is 7.42. The lowest BCUT2D eigenvalue weighted by atomic mass is 10.1. The molecule has 1 aliphatic rings. The first kappa shape index (κ1) is 18.9. The van der Waals surface area contributed by atoms with Gasteiger partial charge in [0, 0.05) is 39.8 Å². The normalized spacial score (nSPS) is 17.2. The van der Waals surface area contributed by atoms with Crippen LogP contribution in [-0.2, 0) is 25.4 Å². The number of hydrogen-bond acceptors (Lipinski definition) is 5. The number of piperidine rings is 1. The molecule has 0 spiro atoms. The number of amides is 1. The number of anilines is 1. The Morgan fingerprint density at radius 2 is 2.00 bits per heavy atom. The molecule has 9 heteroatoms. The van der Waals surface area contributed by atoms with E-state index in [1.807, 2.05) is 24.5 Å². The number of allylic oxidation sites excluding steroid dienone is 2. The van der Waals surface area contributed by atoms with E-state index in [-0.39, 0.29) is 11.6 Å². The molecule has 0 aromatic carbocycles. The highest BCUT2D eigenvalue weighted by Gasteiger charge is 2.26. The fraction of sp³-hybridized carbons (Fsp3) is 0.556. The third-order valence-electron chi connectivity index (χ3n) is 5.02. The summed E-state index contributed by atoms with van der Waals surface area (Å²) in [6.07, 6.45) is 4.57. The molecule has 0 aliphatic carbocycles. The molecular formula is C18H26N6O3. The Kier molecular flexibility index (Phi) is 5.20. The third kappa shape index (κ3) is 3.41. The number of imidazole rings is 1. The molecule has 2 aromatic heterocycles. The zero-order chi connectivity index (χ0) is 19.7. The molecule has 0 bridgehead atoms. The minimum Gasteiger partial charge on any atom is -0.354 e. The summed E-state index contributed by atoms with van der Waals surface area (Å²) in [5, 5.41) is 2.84. The number of carbonyl (C=O) groups is 1. The van der Waals surface area contributed by atoms with Crippen LogP contribution >= 0.6 is 0 Å². The quantitative estimate of drug-likeness (QED) is 0.592. The van der Waals surface area contributed by atoms with Crippen LogP contribution < -0.4 is 21.5 Å². The molecule has 0 saturated carbocycles. The highest BCUT2D eigenvalue weighted by atomic mass is 16.2. The summed E-state index contributed by atoms with van der Waals surface area (Å²) in [5.41, 5.74) is 1.17. The number of rotatable bonds is 5. The largest absolute Gasteiger partial charge is 0.354 e. The van der Waals surface area contributed by atoms with Crippen LogP contribution in [0.2, 0.25) is 0 Å². The molecule has 0 radical (unpaired) electrons. The molecule has 1 atom stereocenters. The van der Waals surface area contributed by atoms with Crippen molar-refractivity contribution in [2.24, 2.45) is 14.1 Å². The molecule has 3 rings (SSSR count). The summed E-state index contributed by atoms with van der Waals surface area (Å²) in [4.78, 5) is 42.7. The number of aromatic nitrogens is 4. The first-order chi connectivity index (χ1) is 12.8. The second-order valence-corrected chi connectivity index (χ2v) is 7.25. The zero-order valence-corrected chi connectivity index (χ0v) is 16.2. The van der Waals surface area contributed by atoms with Crippen molar-refractivity contribution in [3.05, 3.63) is 32.5 Å². The summed E-state index contributed by atoms with van der Waals surface area (Å²) in [5.74, 6) is 0.651.